The van der Waals surface area contributed by atoms with Gasteiger partial charge in [0, 0.05) is 48.5 Å². The number of amides is 1. The summed E-state index contributed by atoms with van der Waals surface area (Å²) in [4.78, 5) is 16.2. The number of nitrogens with zero attached hydrogens (tertiary/aromatic N) is 3. The molecule has 2 aromatic heterocycles. The first-order valence-electron chi connectivity index (χ1n) is 8.38. The van der Waals surface area contributed by atoms with Gasteiger partial charge in [-0.2, -0.15) is 18.3 Å². The molecule has 0 aliphatic heterocycles. The van der Waals surface area contributed by atoms with E-state index < -0.39 is 18.5 Å². The molecule has 3 rings (SSSR count). The van der Waals surface area contributed by atoms with Crippen molar-refractivity contribution in [1.82, 2.24) is 14.8 Å². The van der Waals surface area contributed by atoms with Crippen molar-refractivity contribution < 1.29 is 18.0 Å². The van der Waals surface area contributed by atoms with Gasteiger partial charge in [-0.3, -0.25) is 14.5 Å². The van der Waals surface area contributed by atoms with Crippen LogP contribution in [0.2, 0.25) is 0 Å². The lowest BCUT2D eigenvalue weighted by atomic mass is 10.0. The molecule has 0 radical (unpaired) electrons. The molecule has 0 saturated carbocycles. The summed E-state index contributed by atoms with van der Waals surface area (Å²) in [6.07, 6.45) is 4.58. The molecule has 1 N–H and O–H groups in total. The van der Waals surface area contributed by atoms with E-state index in [1.54, 1.807) is 29.3 Å². The van der Waals surface area contributed by atoms with Crippen LogP contribution in [0.3, 0.4) is 0 Å². The van der Waals surface area contributed by atoms with Crippen LogP contribution in [0.5, 0.6) is 0 Å². The SMILES string of the molecule is Cn1cc(-c2ccncc2C=CC(=O)Nc2ccc(CC(F)(F)F)cc2)cn1. The van der Waals surface area contributed by atoms with Crippen molar-refractivity contribution in [2.24, 2.45) is 7.05 Å². The van der Waals surface area contributed by atoms with Gasteiger partial charge in [-0.15, -0.1) is 0 Å². The highest BCUT2D eigenvalue weighted by atomic mass is 19.4. The molecule has 1 amide bonds. The fraction of sp³-hybridized carbons (Fsp3) is 0.150. The van der Waals surface area contributed by atoms with E-state index in [9.17, 15) is 18.0 Å². The number of alkyl halides is 3. The highest BCUT2D eigenvalue weighted by Crippen LogP contribution is 2.24. The number of hydrogen-bond acceptors (Lipinski definition) is 3. The molecule has 28 heavy (non-hydrogen) atoms. The number of pyridine rings is 1. The normalized spacial score (nSPS) is 11.7. The third-order valence-corrected chi connectivity index (χ3v) is 3.91. The number of rotatable bonds is 5. The van der Waals surface area contributed by atoms with E-state index in [4.69, 9.17) is 0 Å². The van der Waals surface area contributed by atoms with Crippen LogP contribution in [0.25, 0.3) is 17.2 Å². The number of nitrogens with one attached hydrogen (secondary N) is 1. The summed E-state index contributed by atoms with van der Waals surface area (Å²) >= 11 is 0. The molecule has 0 aliphatic carbocycles. The Labute approximate surface area is 159 Å². The van der Waals surface area contributed by atoms with Crippen LogP contribution in [0.15, 0.2) is 61.2 Å². The number of aryl methyl sites for hydroxylation is 1. The zero-order valence-corrected chi connectivity index (χ0v) is 14.9. The summed E-state index contributed by atoms with van der Waals surface area (Å²) in [5.74, 6) is -0.399. The average Bonchev–Trinajstić information content (AvgIpc) is 3.07. The van der Waals surface area contributed by atoms with Crippen LogP contribution in [-0.2, 0) is 18.3 Å². The molecule has 1 aromatic carbocycles. The Bertz CT molecular complexity index is 991. The quantitative estimate of drug-likeness (QED) is 0.668. The lowest BCUT2D eigenvalue weighted by Gasteiger charge is -2.07. The highest BCUT2D eigenvalue weighted by molar-refractivity contribution is 6.02. The van der Waals surface area contributed by atoms with Gasteiger partial charge in [0.15, 0.2) is 0 Å². The molecular formula is C20H17F3N4O. The number of benzene rings is 1. The number of anilines is 1. The smallest absolute Gasteiger partial charge is 0.323 e. The van der Waals surface area contributed by atoms with E-state index in [0.717, 1.165) is 16.7 Å². The Balaban J connectivity index is 1.68. The predicted molar refractivity (Wildman–Crippen MR) is 100 cm³/mol. The molecule has 0 aliphatic rings. The van der Waals surface area contributed by atoms with Crippen LogP contribution in [0, 0.1) is 0 Å². The summed E-state index contributed by atoms with van der Waals surface area (Å²) in [6.45, 7) is 0. The fourth-order valence-corrected chi connectivity index (χ4v) is 2.65. The first kappa shape index (κ1) is 19.3. The van der Waals surface area contributed by atoms with Crippen LogP contribution < -0.4 is 5.32 Å². The van der Waals surface area contributed by atoms with E-state index in [-0.39, 0.29) is 5.56 Å². The number of halogens is 3. The molecule has 2 heterocycles. The van der Waals surface area contributed by atoms with Gasteiger partial charge in [-0.25, -0.2) is 0 Å². The molecule has 0 fully saturated rings. The summed E-state index contributed by atoms with van der Waals surface area (Å²) in [5.41, 5.74) is 3.07. The van der Waals surface area contributed by atoms with E-state index >= 15 is 0 Å². The molecular weight excluding hydrogens is 369 g/mol. The standard InChI is InChI=1S/C20H17F3N4O/c1-27-13-16(12-25-27)18-8-9-24-11-15(18)4-7-19(28)26-17-5-2-14(3-6-17)10-20(21,22)23/h2-9,11-13H,10H2,1H3,(H,26,28). The second-order valence-electron chi connectivity index (χ2n) is 6.18. The van der Waals surface area contributed by atoms with Gasteiger partial charge in [-0.05, 0) is 35.4 Å². The minimum Gasteiger partial charge on any atom is -0.323 e. The maximum absolute atomic E-state index is 12.4. The monoisotopic (exact) mass is 386 g/mol. The Hall–Kier alpha value is -3.42. The fourth-order valence-electron chi connectivity index (χ4n) is 2.65. The Kier molecular flexibility index (Phi) is 5.58. The van der Waals surface area contributed by atoms with Gasteiger partial charge in [-0.1, -0.05) is 12.1 Å². The van der Waals surface area contributed by atoms with Crippen molar-refractivity contribution in [3.8, 4) is 11.1 Å². The zero-order valence-electron chi connectivity index (χ0n) is 14.9. The second kappa shape index (κ2) is 8.08. The van der Waals surface area contributed by atoms with Crippen LogP contribution in [0.4, 0.5) is 18.9 Å². The van der Waals surface area contributed by atoms with Crippen molar-refractivity contribution >= 4 is 17.7 Å². The Morgan fingerprint density at radius 1 is 1.18 bits per heavy atom. The summed E-state index contributed by atoms with van der Waals surface area (Å²) in [7, 11) is 1.81. The Morgan fingerprint density at radius 2 is 1.93 bits per heavy atom. The molecule has 8 heteroatoms. The molecule has 0 atom stereocenters. The number of hydrogen-bond donors (Lipinski definition) is 1. The van der Waals surface area contributed by atoms with Gasteiger partial charge < -0.3 is 5.32 Å². The van der Waals surface area contributed by atoms with Gasteiger partial charge in [0.2, 0.25) is 5.91 Å². The topological polar surface area (TPSA) is 59.8 Å². The number of carbonyl (C=O) groups is 1. The Morgan fingerprint density at radius 3 is 2.57 bits per heavy atom. The second-order valence-corrected chi connectivity index (χ2v) is 6.18. The molecule has 0 unspecified atom stereocenters. The van der Waals surface area contributed by atoms with Crippen LogP contribution >= 0.6 is 0 Å². The van der Waals surface area contributed by atoms with Crippen molar-refractivity contribution in [1.29, 1.82) is 0 Å². The molecule has 3 aromatic rings. The average molecular weight is 386 g/mol. The van der Waals surface area contributed by atoms with E-state index in [1.165, 1.54) is 30.3 Å². The molecule has 5 nitrogen and oxygen atoms in total. The maximum atomic E-state index is 12.4. The lowest BCUT2D eigenvalue weighted by molar-refractivity contribution is -0.127. The van der Waals surface area contributed by atoms with Crippen molar-refractivity contribution in [2.45, 2.75) is 12.6 Å². The van der Waals surface area contributed by atoms with E-state index in [2.05, 4.69) is 15.4 Å². The van der Waals surface area contributed by atoms with Crippen molar-refractivity contribution in [3.63, 3.8) is 0 Å². The highest BCUT2D eigenvalue weighted by Gasteiger charge is 2.27. The molecule has 0 saturated heterocycles. The van der Waals surface area contributed by atoms with Gasteiger partial charge in [0.25, 0.3) is 0 Å². The van der Waals surface area contributed by atoms with Crippen LogP contribution in [0.1, 0.15) is 11.1 Å². The van der Waals surface area contributed by atoms with Crippen LogP contribution in [-0.4, -0.2) is 26.8 Å². The minimum absolute atomic E-state index is 0.137. The van der Waals surface area contributed by atoms with E-state index in [1.807, 2.05) is 19.3 Å². The summed E-state index contributed by atoms with van der Waals surface area (Å²) < 4.78 is 38.8. The van der Waals surface area contributed by atoms with E-state index in [0.29, 0.717) is 5.69 Å². The number of aromatic nitrogens is 3. The van der Waals surface area contributed by atoms with Gasteiger partial charge in [0.1, 0.15) is 0 Å². The van der Waals surface area contributed by atoms with Gasteiger partial charge >= 0.3 is 6.18 Å². The summed E-state index contributed by atoms with van der Waals surface area (Å²) in [6, 6.07) is 7.40. The minimum atomic E-state index is -4.26. The summed E-state index contributed by atoms with van der Waals surface area (Å²) in [5, 5.41) is 6.76. The zero-order chi connectivity index (χ0) is 20.1. The first-order valence-corrected chi connectivity index (χ1v) is 8.38. The molecule has 0 spiro atoms. The molecule has 144 valence electrons. The van der Waals surface area contributed by atoms with Crippen molar-refractivity contribution in [2.75, 3.05) is 5.32 Å². The molecule has 0 bridgehead atoms. The van der Waals surface area contributed by atoms with Crippen molar-refractivity contribution in [3.05, 3.63) is 72.3 Å². The maximum Gasteiger partial charge on any atom is 0.393 e. The lowest BCUT2D eigenvalue weighted by Crippen LogP contribution is -2.12. The third-order valence-electron chi connectivity index (χ3n) is 3.91. The largest absolute Gasteiger partial charge is 0.393 e. The predicted octanol–water partition coefficient (Wildman–Crippen LogP) is 4.24. The van der Waals surface area contributed by atoms with Gasteiger partial charge in [0.05, 0.1) is 12.6 Å². The number of carbonyl (C=O) groups excluding carboxylic acids is 1. The third kappa shape index (κ3) is 5.29. The first-order chi connectivity index (χ1) is 13.3.